The summed E-state index contributed by atoms with van der Waals surface area (Å²) >= 11 is 1.66. The van der Waals surface area contributed by atoms with Crippen molar-refractivity contribution in [3.63, 3.8) is 0 Å². The number of aliphatic imine (C=N–C) groups is 1. The first-order valence-corrected chi connectivity index (χ1v) is 4.95. The van der Waals surface area contributed by atoms with Gasteiger partial charge in [-0.3, -0.25) is 0 Å². The van der Waals surface area contributed by atoms with Crippen LogP contribution in [0.5, 0.6) is 0 Å². The van der Waals surface area contributed by atoms with Crippen LogP contribution in [0.15, 0.2) is 29.3 Å². The molecule has 0 spiro atoms. The van der Waals surface area contributed by atoms with Gasteiger partial charge in [0.25, 0.3) is 0 Å². The van der Waals surface area contributed by atoms with Gasteiger partial charge in [-0.15, -0.1) is 0 Å². The third kappa shape index (κ3) is 3.18. The summed E-state index contributed by atoms with van der Waals surface area (Å²) in [5, 5.41) is 0. The first kappa shape index (κ1) is 9.46. The monoisotopic (exact) mass is 359 g/mol. The number of hydrogen-bond donors (Lipinski definition) is 2. The van der Waals surface area contributed by atoms with Crippen LogP contribution in [0, 0.1) is 24.7 Å². The minimum atomic E-state index is 0.138. The number of guanidine groups is 1. The molecule has 0 heterocycles. The maximum atomic E-state index is 5.20. The summed E-state index contributed by atoms with van der Waals surface area (Å²) in [6, 6.07) is 8.19. The quantitative estimate of drug-likeness (QED) is 0.559. The van der Waals surface area contributed by atoms with Crippen LogP contribution < -0.4 is 14.7 Å². The molecule has 4 N–H and O–H groups in total. The SMILES string of the molecule is NC(N)=NCc1ccc([211At])cc1. The Bertz CT molecular complexity index is 275. The summed E-state index contributed by atoms with van der Waals surface area (Å²) in [6.07, 6.45) is 0. The van der Waals surface area contributed by atoms with Gasteiger partial charge in [-0.25, -0.2) is 0 Å². The van der Waals surface area contributed by atoms with Gasteiger partial charge in [0.2, 0.25) is 0 Å². The van der Waals surface area contributed by atoms with Crippen LogP contribution in [0.25, 0.3) is 0 Å². The van der Waals surface area contributed by atoms with Gasteiger partial charge in [0.05, 0.1) is 0 Å². The molecule has 0 bridgehead atoms. The summed E-state index contributed by atoms with van der Waals surface area (Å²) in [4.78, 5) is 3.90. The van der Waals surface area contributed by atoms with E-state index in [0.717, 1.165) is 5.56 Å². The predicted molar refractivity (Wildman–Crippen MR) is 45.6 cm³/mol. The van der Waals surface area contributed by atoms with Crippen molar-refractivity contribution in [3.05, 3.63) is 29.8 Å². The third-order valence-electron chi connectivity index (χ3n) is 1.36. The van der Waals surface area contributed by atoms with E-state index in [2.05, 4.69) is 17.1 Å². The van der Waals surface area contributed by atoms with Crippen LogP contribution in [0.3, 0.4) is 0 Å². The van der Waals surface area contributed by atoms with Crippen LogP contribution in [0.4, 0.5) is 0 Å². The van der Waals surface area contributed by atoms with Gasteiger partial charge in [-0.05, 0) is 0 Å². The second kappa shape index (κ2) is 4.41. The summed E-state index contributed by atoms with van der Waals surface area (Å²) in [5.41, 5.74) is 11.5. The third-order valence-corrected chi connectivity index (χ3v) is 2.34. The Morgan fingerprint density at radius 2 is 1.83 bits per heavy atom. The van der Waals surface area contributed by atoms with E-state index in [1.807, 2.05) is 12.1 Å². The fourth-order valence-electron chi connectivity index (χ4n) is 0.772. The van der Waals surface area contributed by atoms with Crippen molar-refractivity contribution >= 4 is 9.23 Å². The van der Waals surface area contributed by atoms with E-state index in [1.54, 1.807) is 24.7 Å². The van der Waals surface area contributed by atoms with Crippen molar-refractivity contribution < 1.29 is 24.7 Å². The molecule has 3 nitrogen and oxygen atoms in total. The molecule has 0 aliphatic carbocycles. The van der Waals surface area contributed by atoms with E-state index in [-0.39, 0.29) is 5.96 Å². The Balaban J connectivity index is 2.65. The van der Waals surface area contributed by atoms with Gasteiger partial charge < -0.3 is 0 Å². The van der Waals surface area contributed by atoms with Gasteiger partial charge >= 0.3 is 86.8 Å². The predicted octanol–water partition coefficient (Wildman–Crippen LogP) is -0.365. The van der Waals surface area contributed by atoms with E-state index < -0.39 is 0 Å². The van der Waals surface area contributed by atoms with Crippen LogP contribution in [-0.2, 0) is 6.54 Å². The first-order chi connectivity index (χ1) is 5.68. The zero-order valence-electron chi connectivity index (χ0n) is 6.50. The van der Waals surface area contributed by atoms with Gasteiger partial charge in [0.1, 0.15) is 0 Å². The van der Waals surface area contributed by atoms with Crippen LogP contribution in [0.2, 0.25) is 0 Å². The normalized spacial score (nSPS) is 9.42. The second-order valence-electron chi connectivity index (χ2n) is 2.37. The van der Waals surface area contributed by atoms with Gasteiger partial charge in [0, 0.05) is 0 Å². The molecule has 0 aromatic heterocycles. The van der Waals surface area contributed by atoms with Crippen LogP contribution in [-0.4, -0.2) is 5.96 Å². The van der Waals surface area contributed by atoms with Crippen molar-refractivity contribution in [2.24, 2.45) is 16.5 Å². The van der Waals surface area contributed by atoms with Crippen molar-refractivity contribution in [3.8, 4) is 0 Å². The molecule has 1 aromatic carbocycles. The number of rotatable bonds is 2. The fraction of sp³-hybridized carbons (Fsp3) is 0.125. The van der Waals surface area contributed by atoms with E-state index in [1.165, 1.54) is 3.27 Å². The Morgan fingerprint density at radius 1 is 1.25 bits per heavy atom. The van der Waals surface area contributed by atoms with Crippen LogP contribution >= 0.6 is 0 Å². The second-order valence-corrected chi connectivity index (χ2v) is 4.06. The molecular weight excluding hydrogens is 349 g/mol. The Kier molecular flexibility index (Phi) is 3.48. The summed E-state index contributed by atoms with van der Waals surface area (Å²) in [6.45, 7) is 0.564. The van der Waals surface area contributed by atoms with Crippen LogP contribution in [0.1, 0.15) is 5.56 Å². The minimum absolute atomic E-state index is 0.138. The number of nitrogens with zero attached hydrogens (tertiary/aromatic N) is 1. The molecule has 0 fully saturated rings. The van der Waals surface area contributed by atoms with Crippen molar-refractivity contribution in [2.75, 3.05) is 0 Å². The molecule has 4 heteroatoms. The zero-order chi connectivity index (χ0) is 8.97. The van der Waals surface area contributed by atoms with Gasteiger partial charge in [-0.2, -0.15) is 0 Å². The fourth-order valence-corrected chi connectivity index (χ4v) is 1.26. The number of nitrogens with two attached hydrogens (primary N) is 2. The molecule has 0 radical (unpaired) electrons. The molecule has 12 heavy (non-hydrogen) atoms. The molecule has 1 aromatic rings. The molecule has 0 amide bonds. The number of benzene rings is 1. The molecule has 0 atom stereocenters. The maximum absolute atomic E-state index is 5.20. The summed E-state index contributed by atoms with van der Waals surface area (Å²) < 4.78 is 1.29. The molecule has 0 aliphatic rings. The molecule has 0 aliphatic heterocycles. The summed E-state index contributed by atoms with van der Waals surface area (Å²) in [7, 11) is 0. The average molecular weight is 359 g/mol. The molecular formula is C8H10AtN3. The van der Waals surface area contributed by atoms with E-state index >= 15 is 0 Å². The molecule has 1 rings (SSSR count). The Morgan fingerprint density at radius 3 is 2.33 bits per heavy atom. The molecule has 64 valence electrons. The van der Waals surface area contributed by atoms with Crippen molar-refractivity contribution in [2.45, 2.75) is 6.54 Å². The summed E-state index contributed by atoms with van der Waals surface area (Å²) in [5.74, 6) is 0.138. The first-order valence-electron chi connectivity index (χ1n) is 3.48. The van der Waals surface area contributed by atoms with E-state index in [0.29, 0.717) is 6.54 Å². The Hall–Kier alpha value is -0.627. The van der Waals surface area contributed by atoms with E-state index in [9.17, 15) is 0 Å². The standard InChI is InChI=1S/C8H10AtN3/c9-7-3-1-6(2-4-7)5-12-8(10)11/h1-4H,5H2,(H4,10,11,12)/i9+1. The van der Waals surface area contributed by atoms with Gasteiger partial charge in [0.15, 0.2) is 0 Å². The topological polar surface area (TPSA) is 64.4 Å². The molecule has 0 unspecified atom stereocenters. The number of hydrogen-bond acceptors (Lipinski definition) is 1. The van der Waals surface area contributed by atoms with Gasteiger partial charge in [-0.1, -0.05) is 0 Å². The Labute approximate surface area is 86.7 Å². The van der Waals surface area contributed by atoms with E-state index in [4.69, 9.17) is 11.5 Å². The van der Waals surface area contributed by atoms with Crippen molar-refractivity contribution in [1.82, 2.24) is 0 Å². The van der Waals surface area contributed by atoms with Crippen molar-refractivity contribution in [1.29, 1.82) is 0 Å². The molecule has 0 saturated carbocycles. The molecule has 0 saturated heterocycles. The average Bonchev–Trinajstić information content (AvgIpc) is 2.03. The zero-order valence-corrected chi connectivity index (χ0v) is 9.44.